The predicted octanol–water partition coefficient (Wildman–Crippen LogP) is 1.74. The molecule has 2 atom stereocenters. The summed E-state index contributed by atoms with van der Waals surface area (Å²) in [6.07, 6.45) is 2.02. The summed E-state index contributed by atoms with van der Waals surface area (Å²) in [5, 5.41) is 9.69. The molecule has 0 aromatic rings. The fraction of sp³-hybridized carbons (Fsp3) is 1.00. The Kier molecular flexibility index (Phi) is 4.20. The molecule has 0 unspecified atom stereocenters. The van der Waals surface area contributed by atoms with E-state index in [9.17, 15) is 5.11 Å². The first-order valence-corrected chi connectivity index (χ1v) is 5.54. The second-order valence-corrected chi connectivity index (χ2v) is 4.68. The Hall–Kier alpha value is -0.0800. The number of rotatable bonds is 3. The van der Waals surface area contributed by atoms with E-state index in [4.69, 9.17) is 0 Å². The monoisotopic (exact) mass is 185 g/mol. The van der Waals surface area contributed by atoms with Gasteiger partial charge in [0.15, 0.2) is 0 Å². The zero-order chi connectivity index (χ0) is 9.84. The van der Waals surface area contributed by atoms with Gasteiger partial charge in [-0.2, -0.15) is 0 Å². The summed E-state index contributed by atoms with van der Waals surface area (Å²) < 4.78 is 0. The molecule has 1 heterocycles. The SMILES string of the molecule is CC[C@H]1CN(CC(C)C)CC[C@@H]1O. The van der Waals surface area contributed by atoms with Gasteiger partial charge in [0.2, 0.25) is 0 Å². The van der Waals surface area contributed by atoms with E-state index in [1.807, 2.05) is 0 Å². The Balaban J connectivity index is 2.36. The Morgan fingerprint density at radius 2 is 2.15 bits per heavy atom. The van der Waals surface area contributed by atoms with Crippen LogP contribution in [0.25, 0.3) is 0 Å². The van der Waals surface area contributed by atoms with E-state index in [1.165, 1.54) is 6.54 Å². The number of nitrogens with zero attached hydrogens (tertiary/aromatic N) is 1. The zero-order valence-electron chi connectivity index (χ0n) is 9.16. The summed E-state index contributed by atoms with van der Waals surface area (Å²) in [4.78, 5) is 2.49. The fourth-order valence-corrected chi connectivity index (χ4v) is 2.18. The molecule has 0 radical (unpaired) electrons. The Morgan fingerprint density at radius 3 is 2.69 bits per heavy atom. The van der Waals surface area contributed by atoms with Crippen LogP contribution < -0.4 is 0 Å². The average molecular weight is 185 g/mol. The van der Waals surface area contributed by atoms with E-state index in [0.717, 1.165) is 31.8 Å². The van der Waals surface area contributed by atoms with Crippen LogP contribution in [0.15, 0.2) is 0 Å². The van der Waals surface area contributed by atoms with Crippen molar-refractivity contribution in [1.82, 2.24) is 4.90 Å². The smallest absolute Gasteiger partial charge is 0.0592 e. The third-order valence-corrected chi connectivity index (χ3v) is 2.93. The number of aliphatic hydroxyl groups is 1. The molecule has 0 amide bonds. The summed E-state index contributed by atoms with van der Waals surface area (Å²) in [6.45, 7) is 10.0. The first-order valence-electron chi connectivity index (χ1n) is 5.54. The maximum atomic E-state index is 9.69. The topological polar surface area (TPSA) is 23.5 Å². The molecule has 1 N–H and O–H groups in total. The Labute approximate surface area is 81.9 Å². The average Bonchev–Trinajstić information content (AvgIpc) is 2.07. The molecule has 1 aliphatic rings. The fourth-order valence-electron chi connectivity index (χ4n) is 2.18. The normalized spacial score (nSPS) is 31.2. The first kappa shape index (κ1) is 11.0. The summed E-state index contributed by atoms with van der Waals surface area (Å²) >= 11 is 0. The van der Waals surface area contributed by atoms with Gasteiger partial charge in [0.05, 0.1) is 6.10 Å². The molecule has 0 aromatic heterocycles. The van der Waals surface area contributed by atoms with Gasteiger partial charge in [-0.25, -0.2) is 0 Å². The number of hydrogen-bond donors (Lipinski definition) is 1. The highest BCUT2D eigenvalue weighted by atomic mass is 16.3. The molecule has 0 saturated carbocycles. The van der Waals surface area contributed by atoms with Gasteiger partial charge < -0.3 is 10.0 Å². The molecule has 13 heavy (non-hydrogen) atoms. The predicted molar refractivity (Wildman–Crippen MR) is 55.7 cm³/mol. The highest BCUT2D eigenvalue weighted by Crippen LogP contribution is 2.20. The second-order valence-electron chi connectivity index (χ2n) is 4.68. The first-order chi connectivity index (χ1) is 6.13. The number of aliphatic hydroxyl groups excluding tert-OH is 1. The lowest BCUT2D eigenvalue weighted by Gasteiger charge is -2.36. The van der Waals surface area contributed by atoms with Gasteiger partial charge in [0.25, 0.3) is 0 Å². The molecular formula is C11H23NO. The number of piperidine rings is 1. The standard InChI is InChI=1S/C11H23NO/c1-4-10-8-12(7-9(2)3)6-5-11(10)13/h9-11,13H,4-8H2,1-3H3/t10-,11-/m0/s1. The van der Waals surface area contributed by atoms with Gasteiger partial charge in [-0.05, 0) is 24.7 Å². The molecule has 1 saturated heterocycles. The van der Waals surface area contributed by atoms with Crippen molar-refractivity contribution < 1.29 is 5.11 Å². The largest absolute Gasteiger partial charge is 0.393 e. The van der Waals surface area contributed by atoms with Crippen LogP contribution in [0.4, 0.5) is 0 Å². The van der Waals surface area contributed by atoms with Crippen LogP contribution in [0.3, 0.4) is 0 Å². The summed E-state index contributed by atoms with van der Waals surface area (Å²) in [5.74, 6) is 1.25. The van der Waals surface area contributed by atoms with E-state index < -0.39 is 0 Å². The van der Waals surface area contributed by atoms with E-state index in [1.54, 1.807) is 0 Å². The Bertz CT molecular complexity index is 147. The van der Waals surface area contributed by atoms with E-state index in [0.29, 0.717) is 5.92 Å². The zero-order valence-corrected chi connectivity index (χ0v) is 9.16. The summed E-state index contributed by atoms with van der Waals surface area (Å²) in [5.41, 5.74) is 0. The highest BCUT2D eigenvalue weighted by Gasteiger charge is 2.26. The van der Waals surface area contributed by atoms with Gasteiger partial charge in [-0.15, -0.1) is 0 Å². The minimum atomic E-state index is -0.0478. The summed E-state index contributed by atoms with van der Waals surface area (Å²) in [7, 11) is 0. The Morgan fingerprint density at radius 1 is 1.46 bits per heavy atom. The lowest BCUT2D eigenvalue weighted by molar-refractivity contribution is 0.0212. The third-order valence-electron chi connectivity index (χ3n) is 2.93. The molecule has 0 aliphatic carbocycles. The van der Waals surface area contributed by atoms with Gasteiger partial charge in [0, 0.05) is 19.6 Å². The molecule has 1 rings (SSSR count). The molecule has 1 aliphatic heterocycles. The van der Waals surface area contributed by atoms with Gasteiger partial charge >= 0.3 is 0 Å². The van der Waals surface area contributed by atoms with E-state index in [2.05, 4.69) is 25.7 Å². The van der Waals surface area contributed by atoms with Crippen molar-refractivity contribution in [2.75, 3.05) is 19.6 Å². The molecule has 2 heteroatoms. The molecular weight excluding hydrogens is 162 g/mol. The van der Waals surface area contributed by atoms with Crippen LogP contribution in [0, 0.1) is 11.8 Å². The maximum absolute atomic E-state index is 9.69. The van der Waals surface area contributed by atoms with Crippen molar-refractivity contribution in [3.63, 3.8) is 0 Å². The maximum Gasteiger partial charge on any atom is 0.0592 e. The third kappa shape index (κ3) is 3.28. The molecule has 2 nitrogen and oxygen atoms in total. The van der Waals surface area contributed by atoms with Crippen molar-refractivity contribution in [2.24, 2.45) is 11.8 Å². The summed E-state index contributed by atoms with van der Waals surface area (Å²) in [6, 6.07) is 0. The van der Waals surface area contributed by atoms with Crippen LogP contribution in [-0.2, 0) is 0 Å². The lowest BCUT2D eigenvalue weighted by Crippen LogP contribution is -2.44. The van der Waals surface area contributed by atoms with Crippen molar-refractivity contribution >= 4 is 0 Å². The van der Waals surface area contributed by atoms with E-state index >= 15 is 0 Å². The lowest BCUT2D eigenvalue weighted by atomic mass is 9.92. The molecule has 1 fully saturated rings. The van der Waals surface area contributed by atoms with Gasteiger partial charge in [-0.3, -0.25) is 0 Å². The molecule has 0 bridgehead atoms. The van der Waals surface area contributed by atoms with Crippen molar-refractivity contribution in [1.29, 1.82) is 0 Å². The van der Waals surface area contributed by atoms with Gasteiger partial charge in [-0.1, -0.05) is 20.8 Å². The van der Waals surface area contributed by atoms with Crippen LogP contribution >= 0.6 is 0 Å². The molecule has 0 aromatic carbocycles. The minimum absolute atomic E-state index is 0.0478. The van der Waals surface area contributed by atoms with Crippen molar-refractivity contribution in [3.8, 4) is 0 Å². The van der Waals surface area contributed by atoms with Crippen LogP contribution in [0.2, 0.25) is 0 Å². The van der Waals surface area contributed by atoms with E-state index in [-0.39, 0.29) is 6.10 Å². The number of hydrogen-bond acceptors (Lipinski definition) is 2. The van der Waals surface area contributed by atoms with Crippen LogP contribution in [0.5, 0.6) is 0 Å². The minimum Gasteiger partial charge on any atom is -0.393 e. The van der Waals surface area contributed by atoms with Crippen LogP contribution in [0.1, 0.15) is 33.6 Å². The molecule has 78 valence electrons. The second kappa shape index (κ2) is 4.97. The highest BCUT2D eigenvalue weighted by molar-refractivity contribution is 4.79. The van der Waals surface area contributed by atoms with Crippen LogP contribution in [-0.4, -0.2) is 35.7 Å². The van der Waals surface area contributed by atoms with Gasteiger partial charge in [0.1, 0.15) is 0 Å². The number of likely N-dealkylation sites (tertiary alicyclic amines) is 1. The van der Waals surface area contributed by atoms with Crippen molar-refractivity contribution in [2.45, 2.75) is 39.7 Å². The quantitative estimate of drug-likeness (QED) is 0.724. The van der Waals surface area contributed by atoms with Crippen molar-refractivity contribution in [3.05, 3.63) is 0 Å². The molecule has 0 spiro atoms.